The Bertz CT molecular complexity index is 847. The Morgan fingerprint density at radius 1 is 1.04 bits per heavy atom. The lowest BCUT2D eigenvalue weighted by molar-refractivity contribution is -0.117. The van der Waals surface area contributed by atoms with Crippen molar-refractivity contribution in [2.24, 2.45) is 0 Å². The standard InChI is InChI=1S/C18H14ClNO4/c19-14-2-4-15-12(7-14)6-13(9-22-15)18(21)20-8-11-1-3-16-17(5-11)24-10-23-16/h1-7H,8-10H2,(H,20,21). The third-order valence-electron chi connectivity index (χ3n) is 3.87. The second-order valence-electron chi connectivity index (χ2n) is 5.51. The van der Waals surface area contributed by atoms with E-state index in [1.165, 1.54) is 0 Å². The first-order chi connectivity index (χ1) is 11.7. The molecule has 0 fully saturated rings. The maximum Gasteiger partial charge on any atom is 0.250 e. The van der Waals surface area contributed by atoms with Crippen molar-refractivity contribution in [2.75, 3.05) is 13.4 Å². The lowest BCUT2D eigenvalue weighted by atomic mass is 10.1. The van der Waals surface area contributed by atoms with Crippen LogP contribution < -0.4 is 19.5 Å². The van der Waals surface area contributed by atoms with Crippen LogP contribution in [-0.4, -0.2) is 19.3 Å². The minimum atomic E-state index is -0.168. The number of nitrogens with one attached hydrogen (secondary N) is 1. The SMILES string of the molecule is O=C(NCc1ccc2c(c1)OCO2)C1=Cc2cc(Cl)ccc2OC1. The molecule has 2 aromatic rings. The Morgan fingerprint density at radius 3 is 2.79 bits per heavy atom. The maximum absolute atomic E-state index is 12.4. The van der Waals surface area contributed by atoms with Gasteiger partial charge in [0.1, 0.15) is 12.4 Å². The number of carbonyl (C=O) groups is 1. The molecule has 0 aliphatic carbocycles. The van der Waals surface area contributed by atoms with Crippen molar-refractivity contribution in [3.63, 3.8) is 0 Å². The largest absolute Gasteiger partial charge is 0.488 e. The molecule has 0 unspecified atom stereocenters. The molecular formula is C18H14ClNO4. The molecule has 0 radical (unpaired) electrons. The molecule has 0 saturated heterocycles. The van der Waals surface area contributed by atoms with Crippen LogP contribution >= 0.6 is 11.6 Å². The van der Waals surface area contributed by atoms with E-state index in [0.29, 0.717) is 22.9 Å². The summed E-state index contributed by atoms with van der Waals surface area (Å²) in [6.45, 7) is 0.869. The monoisotopic (exact) mass is 343 g/mol. The fourth-order valence-corrected chi connectivity index (χ4v) is 2.81. The molecule has 2 aliphatic heterocycles. The molecule has 2 aromatic carbocycles. The fourth-order valence-electron chi connectivity index (χ4n) is 2.63. The first-order valence-electron chi connectivity index (χ1n) is 7.49. The lowest BCUT2D eigenvalue weighted by Gasteiger charge is -2.18. The molecule has 0 aromatic heterocycles. The molecule has 2 heterocycles. The highest BCUT2D eigenvalue weighted by atomic mass is 35.5. The summed E-state index contributed by atoms with van der Waals surface area (Å²) in [6.07, 6.45) is 1.81. The molecule has 2 aliphatic rings. The van der Waals surface area contributed by atoms with Crippen molar-refractivity contribution >= 4 is 23.6 Å². The van der Waals surface area contributed by atoms with Crippen LogP contribution in [0.1, 0.15) is 11.1 Å². The summed E-state index contributed by atoms with van der Waals surface area (Å²) in [6, 6.07) is 10.9. The number of benzene rings is 2. The Balaban J connectivity index is 1.45. The number of hydrogen-bond acceptors (Lipinski definition) is 4. The van der Waals surface area contributed by atoms with Crippen LogP contribution in [0.5, 0.6) is 17.2 Å². The third-order valence-corrected chi connectivity index (χ3v) is 4.10. The number of ether oxygens (including phenoxy) is 3. The second-order valence-corrected chi connectivity index (χ2v) is 5.95. The molecule has 0 atom stereocenters. The highest BCUT2D eigenvalue weighted by Gasteiger charge is 2.18. The average Bonchev–Trinajstić information content (AvgIpc) is 3.06. The Labute approximate surface area is 143 Å². The van der Waals surface area contributed by atoms with Crippen LogP contribution in [0.3, 0.4) is 0 Å². The van der Waals surface area contributed by atoms with Gasteiger partial charge in [-0.05, 0) is 42.0 Å². The van der Waals surface area contributed by atoms with E-state index >= 15 is 0 Å². The number of rotatable bonds is 3. The van der Waals surface area contributed by atoms with Gasteiger partial charge >= 0.3 is 0 Å². The van der Waals surface area contributed by atoms with E-state index in [4.69, 9.17) is 25.8 Å². The molecule has 4 rings (SSSR count). The van der Waals surface area contributed by atoms with Crippen molar-refractivity contribution in [2.45, 2.75) is 6.54 Å². The van der Waals surface area contributed by atoms with Gasteiger partial charge in [-0.2, -0.15) is 0 Å². The summed E-state index contributed by atoms with van der Waals surface area (Å²) in [7, 11) is 0. The van der Waals surface area contributed by atoms with Gasteiger partial charge in [-0.25, -0.2) is 0 Å². The van der Waals surface area contributed by atoms with Gasteiger partial charge in [-0.1, -0.05) is 17.7 Å². The van der Waals surface area contributed by atoms with Crippen LogP contribution in [0.2, 0.25) is 5.02 Å². The Morgan fingerprint density at radius 2 is 1.88 bits per heavy atom. The van der Waals surface area contributed by atoms with Crippen LogP contribution in [0, 0.1) is 0 Å². The van der Waals surface area contributed by atoms with E-state index in [1.54, 1.807) is 24.3 Å². The van der Waals surface area contributed by atoms with Gasteiger partial charge in [0.2, 0.25) is 6.79 Å². The molecule has 122 valence electrons. The molecule has 5 nitrogen and oxygen atoms in total. The van der Waals surface area contributed by atoms with Crippen molar-refractivity contribution in [3.8, 4) is 17.2 Å². The van der Waals surface area contributed by atoms with Crippen LogP contribution in [0.4, 0.5) is 0 Å². The lowest BCUT2D eigenvalue weighted by Crippen LogP contribution is -2.28. The number of fused-ring (bicyclic) bond motifs is 2. The van der Waals surface area contributed by atoms with Crippen molar-refractivity contribution in [3.05, 3.63) is 58.1 Å². The Kier molecular flexibility index (Phi) is 3.78. The van der Waals surface area contributed by atoms with Gasteiger partial charge in [0.25, 0.3) is 5.91 Å². The van der Waals surface area contributed by atoms with Gasteiger partial charge in [-0.3, -0.25) is 4.79 Å². The quantitative estimate of drug-likeness (QED) is 0.930. The number of hydrogen-bond donors (Lipinski definition) is 1. The highest BCUT2D eigenvalue weighted by Crippen LogP contribution is 2.32. The van der Waals surface area contributed by atoms with Crippen LogP contribution in [-0.2, 0) is 11.3 Å². The fraction of sp³-hybridized carbons (Fsp3) is 0.167. The number of amides is 1. The molecule has 0 spiro atoms. The highest BCUT2D eigenvalue weighted by molar-refractivity contribution is 6.30. The van der Waals surface area contributed by atoms with Crippen molar-refractivity contribution in [1.29, 1.82) is 0 Å². The van der Waals surface area contributed by atoms with Gasteiger partial charge in [0.05, 0.1) is 5.57 Å². The van der Waals surface area contributed by atoms with E-state index < -0.39 is 0 Å². The molecule has 6 heteroatoms. The smallest absolute Gasteiger partial charge is 0.250 e. The first-order valence-corrected chi connectivity index (χ1v) is 7.86. The summed E-state index contributed by atoms with van der Waals surface area (Å²) >= 11 is 5.98. The van der Waals surface area contributed by atoms with Gasteiger partial charge in [0.15, 0.2) is 11.5 Å². The van der Waals surface area contributed by atoms with E-state index in [-0.39, 0.29) is 19.3 Å². The van der Waals surface area contributed by atoms with Gasteiger partial charge < -0.3 is 19.5 Å². The minimum Gasteiger partial charge on any atom is -0.488 e. The summed E-state index contributed by atoms with van der Waals surface area (Å²) < 4.78 is 16.2. The van der Waals surface area contributed by atoms with Crippen LogP contribution in [0.25, 0.3) is 6.08 Å². The summed E-state index contributed by atoms with van der Waals surface area (Å²) in [5.74, 6) is 1.98. The van der Waals surface area contributed by atoms with Gasteiger partial charge in [0, 0.05) is 17.1 Å². The van der Waals surface area contributed by atoms with Crippen LogP contribution in [0.15, 0.2) is 42.0 Å². The molecule has 0 saturated carbocycles. The predicted molar refractivity (Wildman–Crippen MR) is 89.3 cm³/mol. The van der Waals surface area contributed by atoms with Crippen molar-refractivity contribution in [1.82, 2.24) is 5.32 Å². The van der Waals surface area contributed by atoms with E-state index in [0.717, 1.165) is 22.6 Å². The van der Waals surface area contributed by atoms with Crippen molar-refractivity contribution < 1.29 is 19.0 Å². The summed E-state index contributed by atoms with van der Waals surface area (Å²) in [5, 5.41) is 3.50. The normalized spacial score (nSPS) is 14.5. The molecular weight excluding hydrogens is 330 g/mol. The van der Waals surface area contributed by atoms with E-state index in [1.807, 2.05) is 18.2 Å². The molecule has 24 heavy (non-hydrogen) atoms. The second kappa shape index (κ2) is 6.09. The minimum absolute atomic E-state index is 0.168. The molecule has 1 amide bonds. The predicted octanol–water partition coefficient (Wildman–Crippen LogP) is 3.16. The Hall–Kier alpha value is -2.66. The summed E-state index contributed by atoms with van der Waals surface area (Å²) in [5.41, 5.74) is 2.31. The zero-order valence-electron chi connectivity index (χ0n) is 12.7. The first kappa shape index (κ1) is 14.9. The zero-order valence-corrected chi connectivity index (χ0v) is 13.4. The maximum atomic E-state index is 12.4. The molecule has 1 N–H and O–H groups in total. The average molecular weight is 344 g/mol. The third kappa shape index (κ3) is 2.90. The molecule has 0 bridgehead atoms. The number of halogens is 1. The van der Waals surface area contributed by atoms with E-state index in [9.17, 15) is 4.79 Å². The van der Waals surface area contributed by atoms with E-state index in [2.05, 4.69) is 5.32 Å². The topological polar surface area (TPSA) is 56.8 Å². The zero-order chi connectivity index (χ0) is 16.5. The van der Waals surface area contributed by atoms with Gasteiger partial charge in [-0.15, -0.1) is 0 Å². The number of carbonyl (C=O) groups excluding carboxylic acids is 1. The summed E-state index contributed by atoms with van der Waals surface area (Å²) in [4.78, 5) is 12.4.